The van der Waals surface area contributed by atoms with Crippen molar-refractivity contribution in [1.29, 1.82) is 0 Å². The van der Waals surface area contributed by atoms with E-state index in [9.17, 15) is 13.2 Å². The van der Waals surface area contributed by atoms with Crippen molar-refractivity contribution in [1.82, 2.24) is 9.62 Å². The molecule has 0 radical (unpaired) electrons. The molecule has 172 valence electrons. The fourth-order valence-electron chi connectivity index (χ4n) is 3.47. The highest BCUT2D eigenvalue weighted by Gasteiger charge is 2.29. The van der Waals surface area contributed by atoms with Gasteiger partial charge in [0.1, 0.15) is 12.4 Å². The minimum atomic E-state index is -3.50. The van der Waals surface area contributed by atoms with E-state index in [-0.39, 0.29) is 11.8 Å². The lowest BCUT2D eigenvalue weighted by Gasteiger charge is -2.29. The number of carbonyl (C=O) groups is 1. The summed E-state index contributed by atoms with van der Waals surface area (Å²) in [5, 5.41) is 4.20. The number of rotatable bonds is 10. The maximum absolute atomic E-state index is 12.6. The quantitative estimate of drug-likeness (QED) is 0.553. The molecule has 0 bridgehead atoms. The van der Waals surface area contributed by atoms with Crippen molar-refractivity contribution in [2.45, 2.75) is 19.4 Å². The smallest absolute Gasteiger partial charge is 0.236 e. The molecule has 1 aliphatic heterocycles. The predicted octanol–water partition coefficient (Wildman–Crippen LogP) is 3.04. The second-order valence-corrected chi connectivity index (χ2v) is 9.45. The summed E-state index contributed by atoms with van der Waals surface area (Å²) < 4.78 is 37.1. The largest absolute Gasteiger partial charge is 0.491 e. The van der Waals surface area contributed by atoms with Crippen molar-refractivity contribution in [2.75, 3.05) is 33.4 Å². The molecule has 1 heterocycles. The van der Waals surface area contributed by atoms with E-state index in [0.717, 1.165) is 16.9 Å². The summed E-state index contributed by atoms with van der Waals surface area (Å²) in [5.74, 6) is 0.533. The van der Waals surface area contributed by atoms with Gasteiger partial charge in [0.05, 0.1) is 6.61 Å². The Balaban J connectivity index is 1.43. The second kappa shape index (κ2) is 11.8. The molecule has 0 atom stereocenters. The van der Waals surface area contributed by atoms with Gasteiger partial charge in [-0.2, -0.15) is 4.31 Å². The van der Waals surface area contributed by atoms with E-state index in [1.807, 2.05) is 54.6 Å². The van der Waals surface area contributed by atoms with Crippen LogP contribution in [0.4, 0.5) is 0 Å². The predicted molar refractivity (Wildman–Crippen MR) is 124 cm³/mol. The minimum absolute atomic E-state index is 0.0395. The van der Waals surface area contributed by atoms with Crippen LogP contribution in [0.25, 0.3) is 6.08 Å². The monoisotopic (exact) mass is 458 g/mol. The van der Waals surface area contributed by atoms with Crippen LogP contribution >= 0.6 is 0 Å². The number of sulfonamides is 1. The number of amides is 1. The Kier molecular flexibility index (Phi) is 8.84. The summed E-state index contributed by atoms with van der Waals surface area (Å²) in [6, 6.07) is 16.9. The fourth-order valence-corrected chi connectivity index (χ4v) is 4.69. The molecule has 1 aliphatic rings. The Morgan fingerprint density at radius 2 is 1.75 bits per heavy atom. The van der Waals surface area contributed by atoms with Gasteiger partial charge in [0.25, 0.3) is 0 Å². The van der Waals surface area contributed by atoms with Gasteiger partial charge in [-0.05, 0) is 42.2 Å². The summed E-state index contributed by atoms with van der Waals surface area (Å²) in [6.45, 7) is 2.12. The third-order valence-corrected chi connectivity index (χ3v) is 6.93. The molecule has 7 nitrogen and oxygen atoms in total. The SMILES string of the molecule is COCCOc1ccc(CNC(=O)C2CCN(S(=O)(=O)/C=C/c3ccccc3)CC2)cc1. The van der Waals surface area contributed by atoms with Crippen LogP contribution in [0.1, 0.15) is 24.0 Å². The second-order valence-electron chi connectivity index (χ2n) is 7.63. The highest BCUT2D eigenvalue weighted by Crippen LogP contribution is 2.21. The maximum atomic E-state index is 12.6. The lowest BCUT2D eigenvalue weighted by Crippen LogP contribution is -2.42. The Morgan fingerprint density at radius 1 is 1.06 bits per heavy atom. The van der Waals surface area contributed by atoms with Crippen molar-refractivity contribution in [3.05, 3.63) is 71.1 Å². The third kappa shape index (κ3) is 7.19. The lowest BCUT2D eigenvalue weighted by molar-refractivity contribution is -0.126. The topological polar surface area (TPSA) is 84.9 Å². The van der Waals surface area contributed by atoms with Crippen LogP contribution in [0.3, 0.4) is 0 Å². The van der Waals surface area contributed by atoms with E-state index in [2.05, 4.69) is 5.32 Å². The average Bonchev–Trinajstić information content (AvgIpc) is 2.83. The molecule has 2 aromatic rings. The molecule has 1 amide bonds. The maximum Gasteiger partial charge on any atom is 0.236 e. The normalized spacial score (nSPS) is 15.7. The van der Waals surface area contributed by atoms with Crippen LogP contribution in [0, 0.1) is 5.92 Å². The number of nitrogens with zero attached hydrogens (tertiary/aromatic N) is 1. The number of nitrogens with one attached hydrogen (secondary N) is 1. The van der Waals surface area contributed by atoms with Crippen LogP contribution in [-0.2, 0) is 26.1 Å². The number of hydrogen-bond donors (Lipinski definition) is 1. The Labute approximate surface area is 190 Å². The molecule has 8 heteroatoms. The molecule has 1 fully saturated rings. The summed E-state index contributed by atoms with van der Waals surface area (Å²) >= 11 is 0. The zero-order valence-corrected chi connectivity index (χ0v) is 19.1. The first-order valence-corrected chi connectivity index (χ1v) is 12.2. The highest BCUT2D eigenvalue weighted by atomic mass is 32.2. The number of piperidine rings is 1. The third-order valence-electron chi connectivity index (χ3n) is 5.36. The summed E-state index contributed by atoms with van der Waals surface area (Å²) in [7, 11) is -1.87. The van der Waals surface area contributed by atoms with Crippen molar-refractivity contribution < 1.29 is 22.7 Å². The van der Waals surface area contributed by atoms with Gasteiger partial charge >= 0.3 is 0 Å². The first kappa shape index (κ1) is 24.0. The molecule has 1 saturated heterocycles. The first-order chi connectivity index (χ1) is 15.5. The molecule has 1 N–H and O–H groups in total. The first-order valence-electron chi connectivity index (χ1n) is 10.7. The van der Waals surface area contributed by atoms with Crippen LogP contribution in [0.5, 0.6) is 5.75 Å². The van der Waals surface area contributed by atoms with Gasteiger partial charge in [-0.15, -0.1) is 0 Å². The van der Waals surface area contributed by atoms with Gasteiger partial charge in [-0.3, -0.25) is 4.79 Å². The molecule has 32 heavy (non-hydrogen) atoms. The van der Waals surface area contributed by atoms with Crippen LogP contribution < -0.4 is 10.1 Å². The van der Waals surface area contributed by atoms with Gasteiger partial charge in [0.2, 0.25) is 15.9 Å². The summed E-state index contributed by atoms with van der Waals surface area (Å²) in [4.78, 5) is 12.5. The van der Waals surface area contributed by atoms with Gasteiger partial charge in [0, 0.05) is 38.1 Å². The number of methoxy groups -OCH3 is 1. The van der Waals surface area contributed by atoms with E-state index in [1.54, 1.807) is 13.2 Å². The van der Waals surface area contributed by atoms with Crippen molar-refractivity contribution in [2.24, 2.45) is 5.92 Å². The van der Waals surface area contributed by atoms with E-state index in [0.29, 0.717) is 45.7 Å². The highest BCUT2D eigenvalue weighted by molar-refractivity contribution is 7.92. The Hall–Kier alpha value is -2.68. The van der Waals surface area contributed by atoms with E-state index < -0.39 is 10.0 Å². The minimum Gasteiger partial charge on any atom is -0.491 e. The molecular formula is C24H30N2O5S. The summed E-state index contributed by atoms with van der Waals surface area (Å²) in [6.07, 6.45) is 2.62. The van der Waals surface area contributed by atoms with Crippen LogP contribution in [0.15, 0.2) is 60.0 Å². The average molecular weight is 459 g/mol. The van der Waals surface area contributed by atoms with Gasteiger partial charge < -0.3 is 14.8 Å². The molecule has 0 spiro atoms. The molecule has 3 rings (SSSR count). The molecular weight excluding hydrogens is 428 g/mol. The molecule has 0 unspecified atom stereocenters. The zero-order chi connectivity index (χ0) is 22.8. The van der Waals surface area contributed by atoms with E-state index in [4.69, 9.17) is 9.47 Å². The van der Waals surface area contributed by atoms with Crippen LogP contribution in [-0.4, -0.2) is 52.0 Å². The van der Waals surface area contributed by atoms with Crippen LogP contribution in [0.2, 0.25) is 0 Å². The van der Waals surface area contributed by atoms with Crippen molar-refractivity contribution in [3.63, 3.8) is 0 Å². The molecule has 0 aliphatic carbocycles. The molecule has 0 saturated carbocycles. The summed E-state index contributed by atoms with van der Waals surface area (Å²) in [5.41, 5.74) is 1.81. The zero-order valence-electron chi connectivity index (χ0n) is 18.3. The standard InChI is InChI=1S/C24H30N2O5S/c1-30-16-17-31-23-9-7-21(8-10-23)19-25-24(27)22-11-14-26(15-12-22)32(28,29)18-13-20-5-3-2-4-6-20/h2-10,13,18,22H,11-12,14-17,19H2,1H3,(H,25,27)/b18-13+. The number of ether oxygens (including phenoxy) is 2. The van der Waals surface area contributed by atoms with Crippen molar-refractivity contribution >= 4 is 22.0 Å². The Morgan fingerprint density at radius 3 is 2.41 bits per heavy atom. The van der Waals surface area contributed by atoms with E-state index in [1.165, 1.54) is 9.71 Å². The van der Waals surface area contributed by atoms with Gasteiger partial charge in [-0.25, -0.2) is 8.42 Å². The Bertz CT molecular complexity index is 983. The number of hydrogen-bond acceptors (Lipinski definition) is 5. The molecule has 0 aromatic heterocycles. The number of carbonyl (C=O) groups excluding carboxylic acids is 1. The van der Waals surface area contributed by atoms with Gasteiger partial charge in [-0.1, -0.05) is 42.5 Å². The molecule has 2 aromatic carbocycles. The van der Waals surface area contributed by atoms with Gasteiger partial charge in [0.15, 0.2) is 0 Å². The fraction of sp³-hybridized carbons (Fsp3) is 0.375. The number of benzene rings is 2. The van der Waals surface area contributed by atoms with E-state index >= 15 is 0 Å². The lowest BCUT2D eigenvalue weighted by atomic mass is 9.97. The van der Waals surface area contributed by atoms with Crippen molar-refractivity contribution in [3.8, 4) is 5.75 Å².